The summed E-state index contributed by atoms with van der Waals surface area (Å²) in [4.78, 5) is 29.9. The first-order valence-electron chi connectivity index (χ1n) is 10.0. The molecule has 2 aliphatic heterocycles. The molecule has 0 saturated carbocycles. The number of rotatable bonds is 7. The minimum atomic E-state index is -0.206. The van der Waals surface area contributed by atoms with Crippen LogP contribution in [0.15, 0.2) is 23.9 Å². The molecule has 0 aromatic heterocycles. The van der Waals surface area contributed by atoms with Crippen molar-refractivity contribution < 1.29 is 19.1 Å². The molecule has 2 aliphatic rings. The van der Waals surface area contributed by atoms with Gasteiger partial charge in [-0.1, -0.05) is 23.8 Å². The van der Waals surface area contributed by atoms with Gasteiger partial charge in [-0.05, 0) is 45.2 Å². The lowest BCUT2D eigenvalue weighted by Crippen LogP contribution is -2.40. The molecular weight excluding hydrogens is 356 g/mol. The first-order valence-corrected chi connectivity index (χ1v) is 10.0. The molecule has 1 aromatic carbocycles. The molecular formula is C22H30N2O4. The number of ether oxygens (including phenoxy) is 2. The lowest BCUT2D eigenvalue weighted by Gasteiger charge is -2.29. The van der Waals surface area contributed by atoms with Crippen molar-refractivity contribution in [2.24, 2.45) is 0 Å². The molecule has 2 heterocycles. The summed E-state index contributed by atoms with van der Waals surface area (Å²) in [5, 5.41) is 0. The van der Waals surface area contributed by atoms with Crippen molar-refractivity contribution in [3.8, 4) is 0 Å². The van der Waals surface area contributed by atoms with Gasteiger partial charge in [0.2, 0.25) is 0 Å². The van der Waals surface area contributed by atoms with Crippen LogP contribution in [0.4, 0.5) is 0 Å². The fourth-order valence-corrected chi connectivity index (χ4v) is 3.73. The zero-order chi connectivity index (χ0) is 20.3. The van der Waals surface area contributed by atoms with Gasteiger partial charge in [0.25, 0.3) is 11.8 Å². The molecule has 0 aliphatic carbocycles. The van der Waals surface area contributed by atoms with Crippen molar-refractivity contribution >= 4 is 17.4 Å². The molecule has 2 amide bonds. The highest BCUT2D eigenvalue weighted by atomic mass is 16.5. The van der Waals surface area contributed by atoms with E-state index in [1.165, 1.54) is 4.90 Å². The second-order valence-corrected chi connectivity index (χ2v) is 7.68. The van der Waals surface area contributed by atoms with Crippen molar-refractivity contribution in [3.05, 3.63) is 40.6 Å². The van der Waals surface area contributed by atoms with Gasteiger partial charge in [-0.15, -0.1) is 0 Å². The van der Waals surface area contributed by atoms with Crippen LogP contribution in [0.3, 0.4) is 0 Å². The van der Waals surface area contributed by atoms with Crippen LogP contribution in [-0.4, -0.2) is 67.2 Å². The molecule has 0 atom stereocenters. The summed E-state index contributed by atoms with van der Waals surface area (Å²) in [7, 11) is 0. The van der Waals surface area contributed by atoms with Crippen molar-refractivity contribution in [1.82, 2.24) is 9.80 Å². The number of carbonyl (C=O) groups is 2. The topological polar surface area (TPSA) is 59.1 Å². The molecule has 3 rings (SSSR count). The highest BCUT2D eigenvalue weighted by Crippen LogP contribution is 2.34. The summed E-state index contributed by atoms with van der Waals surface area (Å²) >= 11 is 0. The molecule has 28 heavy (non-hydrogen) atoms. The zero-order valence-corrected chi connectivity index (χ0v) is 17.3. The first kappa shape index (κ1) is 20.6. The Morgan fingerprint density at radius 1 is 1.11 bits per heavy atom. The van der Waals surface area contributed by atoms with Gasteiger partial charge in [-0.2, -0.15) is 0 Å². The molecule has 6 heteroatoms. The second-order valence-electron chi connectivity index (χ2n) is 7.68. The summed E-state index contributed by atoms with van der Waals surface area (Å²) in [5.74, 6) is -0.408. The van der Waals surface area contributed by atoms with E-state index < -0.39 is 0 Å². The second kappa shape index (κ2) is 8.88. The molecule has 1 aromatic rings. The normalized spacial score (nSPS) is 18.0. The number of benzene rings is 1. The van der Waals surface area contributed by atoms with E-state index in [4.69, 9.17) is 9.47 Å². The van der Waals surface area contributed by atoms with E-state index in [1.54, 1.807) is 0 Å². The third kappa shape index (κ3) is 4.28. The summed E-state index contributed by atoms with van der Waals surface area (Å²) < 4.78 is 11.0. The average Bonchev–Trinajstić information content (AvgIpc) is 2.90. The third-order valence-electron chi connectivity index (χ3n) is 5.10. The quantitative estimate of drug-likeness (QED) is 0.532. The van der Waals surface area contributed by atoms with Gasteiger partial charge in [0.15, 0.2) is 0 Å². The maximum absolute atomic E-state index is 13.3. The first-order chi connectivity index (χ1) is 13.4. The fourth-order valence-electron chi connectivity index (χ4n) is 3.73. The Morgan fingerprint density at radius 2 is 1.82 bits per heavy atom. The van der Waals surface area contributed by atoms with E-state index in [2.05, 4.69) is 6.07 Å². The van der Waals surface area contributed by atoms with E-state index in [1.807, 2.05) is 44.7 Å². The largest absolute Gasteiger partial charge is 0.379 e. The highest BCUT2D eigenvalue weighted by molar-refractivity contribution is 6.35. The Bertz CT molecular complexity index is 779. The van der Waals surface area contributed by atoms with Gasteiger partial charge in [0.1, 0.15) is 5.70 Å². The van der Waals surface area contributed by atoms with Gasteiger partial charge < -0.3 is 14.4 Å². The Hall–Kier alpha value is -2.18. The Balaban J connectivity index is 1.91. The van der Waals surface area contributed by atoms with Crippen molar-refractivity contribution in [2.45, 2.75) is 40.2 Å². The summed E-state index contributed by atoms with van der Waals surface area (Å²) in [6, 6.07) is 6.00. The average molecular weight is 386 g/mol. The molecule has 0 N–H and O–H groups in total. The van der Waals surface area contributed by atoms with Crippen molar-refractivity contribution in [3.63, 3.8) is 0 Å². The summed E-state index contributed by atoms with van der Waals surface area (Å²) in [6.07, 6.45) is 0.768. The van der Waals surface area contributed by atoms with Crippen LogP contribution in [-0.2, 0) is 19.1 Å². The maximum Gasteiger partial charge on any atom is 0.277 e. The number of carbonyl (C=O) groups excluding carboxylic acids is 2. The predicted octanol–water partition coefficient (Wildman–Crippen LogP) is 2.53. The zero-order valence-electron chi connectivity index (χ0n) is 17.3. The molecule has 0 radical (unpaired) electrons. The van der Waals surface area contributed by atoms with Crippen LogP contribution in [0.2, 0.25) is 0 Å². The van der Waals surface area contributed by atoms with Crippen molar-refractivity contribution in [2.75, 3.05) is 39.5 Å². The Morgan fingerprint density at radius 3 is 2.46 bits per heavy atom. The fraction of sp³-hybridized carbons (Fsp3) is 0.545. The molecule has 0 bridgehead atoms. The standard InChI is InChI=1S/C22H30N2O4/c1-15(2)28-11-5-8-24-21(25)19(18-7-6-16(3)14-17(18)4)20(22(24)26)23-9-12-27-13-10-23/h6-7,14-15H,5,8-13H2,1-4H3. The van der Waals surface area contributed by atoms with Crippen LogP contribution in [0, 0.1) is 13.8 Å². The minimum absolute atomic E-state index is 0.137. The van der Waals surface area contributed by atoms with Crippen LogP contribution in [0.1, 0.15) is 37.0 Å². The van der Waals surface area contributed by atoms with Gasteiger partial charge >= 0.3 is 0 Å². The molecule has 0 unspecified atom stereocenters. The van der Waals surface area contributed by atoms with Gasteiger partial charge in [-0.3, -0.25) is 14.5 Å². The number of amides is 2. The summed E-state index contributed by atoms with van der Waals surface area (Å²) in [6.45, 7) is 11.2. The number of hydrogen-bond acceptors (Lipinski definition) is 5. The minimum Gasteiger partial charge on any atom is -0.379 e. The van der Waals surface area contributed by atoms with E-state index >= 15 is 0 Å². The van der Waals surface area contributed by atoms with Crippen LogP contribution in [0.25, 0.3) is 5.57 Å². The molecule has 152 valence electrons. The van der Waals surface area contributed by atoms with Crippen molar-refractivity contribution in [1.29, 1.82) is 0 Å². The molecule has 1 fully saturated rings. The number of nitrogens with zero attached hydrogens (tertiary/aromatic N) is 2. The monoisotopic (exact) mass is 386 g/mol. The van der Waals surface area contributed by atoms with Crippen LogP contribution in [0.5, 0.6) is 0 Å². The Kier molecular flexibility index (Phi) is 6.52. The smallest absolute Gasteiger partial charge is 0.277 e. The summed E-state index contributed by atoms with van der Waals surface area (Å²) in [5.41, 5.74) is 4.02. The van der Waals surface area contributed by atoms with Crippen LogP contribution >= 0.6 is 0 Å². The van der Waals surface area contributed by atoms with Gasteiger partial charge in [-0.25, -0.2) is 0 Å². The lowest BCUT2D eigenvalue weighted by molar-refractivity contribution is -0.138. The Labute approximate surface area is 167 Å². The highest BCUT2D eigenvalue weighted by Gasteiger charge is 2.41. The van der Waals surface area contributed by atoms with E-state index in [0.29, 0.717) is 57.1 Å². The van der Waals surface area contributed by atoms with E-state index in [9.17, 15) is 9.59 Å². The third-order valence-corrected chi connectivity index (χ3v) is 5.10. The SMILES string of the molecule is Cc1ccc(C2=C(N3CCOCC3)C(=O)N(CCCOC(C)C)C2=O)c(C)c1. The van der Waals surface area contributed by atoms with E-state index in [-0.39, 0.29) is 17.9 Å². The predicted molar refractivity (Wildman–Crippen MR) is 108 cm³/mol. The van der Waals surface area contributed by atoms with Gasteiger partial charge in [0, 0.05) is 26.2 Å². The number of imide groups is 1. The number of morpholine rings is 1. The van der Waals surface area contributed by atoms with E-state index in [0.717, 1.165) is 16.7 Å². The maximum atomic E-state index is 13.3. The molecule has 0 spiro atoms. The van der Waals surface area contributed by atoms with Gasteiger partial charge in [0.05, 0.1) is 24.9 Å². The number of hydrogen-bond donors (Lipinski definition) is 0. The number of aryl methyl sites for hydroxylation is 2. The molecule has 6 nitrogen and oxygen atoms in total. The lowest BCUT2D eigenvalue weighted by atomic mass is 9.97. The molecule has 1 saturated heterocycles. The van der Waals surface area contributed by atoms with Crippen LogP contribution < -0.4 is 0 Å².